The Morgan fingerprint density at radius 1 is 1.57 bits per heavy atom. The second kappa shape index (κ2) is 5.95. The number of amides is 1. The fourth-order valence-electron chi connectivity index (χ4n) is 1.66. The second-order valence-corrected chi connectivity index (χ2v) is 3.64. The molecule has 1 unspecified atom stereocenters. The second-order valence-electron chi connectivity index (χ2n) is 3.64. The molecular formula is C9H19N3O2. The summed E-state index contributed by atoms with van der Waals surface area (Å²) in [5.74, 6) is 0.389. The van der Waals surface area contributed by atoms with Crippen LogP contribution in [0.15, 0.2) is 0 Å². The van der Waals surface area contributed by atoms with Crippen LogP contribution < -0.4 is 16.6 Å². The van der Waals surface area contributed by atoms with E-state index in [9.17, 15) is 4.79 Å². The van der Waals surface area contributed by atoms with Gasteiger partial charge in [0.25, 0.3) is 5.91 Å². The number of rotatable bonds is 4. The summed E-state index contributed by atoms with van der Waals surface area (Å²) in [6.45, 7) is 1.59. The average Bonchev–Trinajstić information content (AvgIpc) is 2.19. The lowest BCUT2D eigenvalue weighted by atomic mass is 9.92. The molecule has 1 aliphatic heterocycles. The SMILES string of the molecule is CNNC(=O)C(N)CC1CCOCC1. The van der Waals surface area contributed by atoms with E-state index in [1.54, 1.807) is 7.05 Å². The minimum absolute atomic E-state index is 0.140. The van der Waals surface area contributed by atoms with E-state index in [1.807, 2.05) is 0 Å². The first-order chi connectivity index (χ1) is 6.74. The quantitative estimate of drug-likeness (QED) is 0.530. The standard InChI is InChI=1S/C9H19N3O2/c1-11-12-9(13)8(10)6-7-2-4-14-5-3-7/h7-8,11H,2-6,10H2,1H3,(H,12,13). The largest absolute Gasteiger partial charge is 0.381 e. The molecule has 0 saturated carbocycles. The molecule has 1 fully saturated rings. The molecule has 0 aromatic carbocycles. The molecule has 1 rings (SSSR count). The first kappa shape index (κ1) is 11.4. The zero-order valence-electron chi connectivity index (χ0n) is 8.58. The Hall–Kier alpha value is -0.650. The van der Waals surface area contributed by atoms with Crippen LogP contribution in [0.3, 0.4) is 0 Å². The van der Waals surface area contributed by atoms with Gasteiger partial charge in [-0.25, -0.2) is 5.43 Å². The van der Waals surface area contributed by atoms with Crippen molar-refractivity contribution < 1.29 is 9.53 Å². The number of nitrogens with one attached hydrogen (secondary N) is 2. The van der Waals surface area contributed by atoms with E-state index in [4.69, 9.17) is 10.5 Å². The Bertz CT molecular complexity index is 181. The van der Waals surface area contributed by atoms with Gasteiger partial charge in [-0.15, -0.1) is 0 Å². The van der Waals surface area contributed by atoms with Gasteiger partial charge < -0.3 is 10.5 Å². The molecule has 1 aliphatic rings. The topological polar surface area (TPSA) is 76.4 Å². The van der Waals surface area contributed by atoms with Crippen molar-refractivity contribution in [3.05, 3.63) is 0 Å². The fourth-order valence-corrected chi connectivity index (χ4v) is 1.66. The van der Waals surface area contributed by atoms with Gasteiger partial charge >= 0.3 is 0 Å². The molecule has 0 aromatic heterocycles. The summed E-state index contributed by atoms with van der Waals surface area (Å²) in [6.07, 6.45) is 2.78. The third kappa shape index (κ3) is 3.61. The predicted octanol–water partition coefficient (Wildman–Crippen LogP) is -0.619. The van der Waals surface area contributed by atoms with Crippen LogP contribution in [0.4, 0.5) is 0 Å². The zero-order chi connectivity index (χ0) is 10.4. The molecule has 5 nitrogen and oxygen atoms in total. The molecule has 1 amide bonds. The molecule has 1 saturated heterocycles. The Labute approximate surface area is 84.3 Å². The Balaban J connectivity index is 2.24. The minimum Gasteiger partial charge on any atom is -0.381 e. The van der Waals surface area contributed by atoms with Crippen molar-refractivity contribution in [3.63, 3.8) is 0 Å². The summed E-state index contributed by atoms with van der Waals surface area (Å²) in [5.41, 5.74) is 10.8. The van der Waals surface area contributed by atoms with Crippen LogP contribution in [0.5, 0.6) is 0 Å². The predicted molar refractivity (Wildman–Crippen MR) is 53.3 cm³/mol. The fraction of sp³-hybridized carbons (Fsp3) is 0.889. The van der Waals surface area contributed by atoms with Crippen molar-refractivity contribution in [3.8, 4) is 0 Å². The molecule has 82 valence electrons. The number of ether oxygens (including phenoxy) is 1. The van der Waals surface area contributed by atoms with Crippen LogP contribution >= 0.6 is 0 Å². The van der Waals surface area contributed by atoms with E-state index in [0.717, 1.165) is 32.5 Å². The number of hydrogen-bond donors (Lipinski definition) is 3. The maximum Gasteiger partial charge on any atom is 0.250 e. The third-order valence-corrected chi connectivity index (χ3v) is 2.51. The van der Waals surface area contributed by atoms with Gasteiger partial charge in [0.15, 0.2) is 0 Å². The Morgan fingerprint density at radius 2 is 2.21 bits per heavy atom. The minimum atomic E-state index is -0.412. The maximum atomic E-state index is 11.3. The summed E-state index contributed by atoms with van der Waals surface area (Å²) >= 11 is 0. The summed E-state index contributed by atoms with van der Waals surface area (Å²) in [5, 5.41) is 0. The Morgan fingerprint density at radius 3 is 2.79 bits per heavy atom. The lowest BCUT2D eigenvalue weighted by molar-refractivity contribution is -0.123. The summed E-state index contributed by atoms with van der Waals surface area (Å²) in [6, 6.07) is -0.412. The maximum absolute atomic E-state index is 11.3. The van der Waals surface area contributed by atoms with Gasteiger partial charge in [0, 0.05) is 20.3 Å². The first-order valence-electron chi connectivity index (χ1n) is 5.04. The van der Waals surface area contributed by atoms with Gasteiger partial charge in [0.05, 0.1) is 6.04 Å². The van der Waals surface area contributed by atoms with Crippen LogP contribution in [0, 0.1) is 5.92 Å². The lowest BCUT2D eigenvalue weighted by Crippen LogP contribution is -2.46. The highest BCUT2D eigenvalue weighted by atomic mass is 16.5. The highest BCUT2D eigenvalue weighted by molar-refractivity contribution is 5.80. The third-order valence-electron chi connectivity index (χ3n) is 2.51. The van der Waals surface area contributed by atoms with Crippen molar-refractivity contribution in [2.75, 3.05) is 20.3 Å². The molecule has 1 heterocycles. The van der Waals surface area contributed by atoms with Gasteiger partial charge in [-0.3, -0.25) is 10.2 Å². The van der Waals surface area contributed by atoms with E-state index in [-0.39, 0.29) is 5.91 Å². The smallest absolute Gasteiger partial charge is 0.250 e. The first-order valence-corrected chi connectivity index (χ1v) is 5.04. The van der Waals surface area contributed by atoms with E-state index < -0.39 is 6.04 Å². The monoisotopic (exact) mass is 201 g/mol. The molecule has 0 spiro atoms. The zero-order valence-corrected chi connectivity index (χ0v) is 8.58. The van der Waals surface area contributed by atoms with Crippen molar-refractivity contribution >= 4 is 5.91 Å². The van der Waals surface area contributed by atoms with Gasteiger partial charge in [0.2, 0.25) is 0 Å². The van der Waals surface area contributed by atoms with Gasteiger partial charge in [0.1, 0.15) is 0 Å². The molecule has 0 aromatic rings. The van der Waals surface area contributed by atoms with E-state index in [1.165, 1.54) is 0 Å². The van der Waals surface area contributed by atoms with Gasteiger partial charge in [-0.2, -0.15) is 0 Å². The Kier molecular flexibility index (Phi) is 4.86. The number of carbonyl (C=O) groups excluding carboxylic acids is 1. The average molecular weight is 201 g/mol. The van der Waals surface area contributed by atoms with Gasteiger partial charge in [-0.05, 0) is 25.2 Å². The number of carbonyl (C=O) groups is 1. The summed E-state index contributed by atoms with van der Waals surface area (Å²) in [4.78, 5) is 11.3. The molecule has 5 heteroatoms. The highest BCUT2D eigenvalue weighted by Crippen LogP contribution is 2.19. The van der Waals surface area contributed by atoms with Gasteiger partial charge in [-0.1, -0.05) is 0 Å². The van der Waals surface area contributed by atoms with Crippen LogP contribution in [0.1, 0.15) is 19.3 Å². The van der Waals surface area contributed by atoms with Crippen LogP contribution in [0.2, 0.25) is 0 Å². The van der Waals surface area contributed by atoms with Crippen LogP contribution in [-0.4, -0.2) is 32.2 Å². The number of hydrogen-bond acceptors (Lipinski definition) is 4. The van der Waals surface area contributed by atoms with Crippen molar-refractivity contribution in [1.29, 1.82) is 0 Å². The normalized spacial score (nSPS) is 20.4. The summed E-state index contributed by atoms with van der Waals surface area (Å²) < 4.78 is 5.24. The summed E-state index contributed by atoms with van der Waals surface area (Å²) in [7, 11) is 1.65. The molecule has 1 atom stereocenters. The van der Waals surface area contributed by atoms with E-state index >= 15 is 0 Å². The molecule has 0 aliphatic carbocycles. The number of hydrazine groups is 1. The highest BCUT2D eigenvalue weighted by Gasteiger charge is 2.20. The molecule has 14 heavy (non-hydrogen) atoms. The van der Waals surface area contributed by atoms with E-state index in [0.29, 0.717) is 5.92 Å². The van der Waals surface area contributed by atoms with Crippen molar-refractivity contribution in [2.45, 2.75) is 25.3 Å². The van der Waals surface area contributed by atoms with Crippen molar-refractivity contribution in [1.82, 2.24) is 10.9 Å². The lowest BCUT2D eigenvalue weighted by Gasteiger charge is -2.24. The molecule has 0 radical (unpaired) electrons. The molecule has 4 N–H and O–H groups in total. The molecular weight excluding hydrogens is 182 g/mol. The van der Waals surface area contributed by atoms with Crippen molar-refractivity contribution in [2.24, 2.45) is 11.7 Å². The molecule has 0 bridgehead atoms. The van der Waals surface area contributed by atoms with E-state index in [2.05, 4.69) is 10.9 Å². The number of nitrogens with two attached hydrogens (primary N) is 1. The van der Waals surface area contributed by atoms with Crippen LogP contribution in [0.25, 0.3) is 0 Å². The van der Waals surface area contributed by atoms with Crippen LogP contribution in [-0.2, 0) is 9.53 Å².